The highest BCUT2D eigenvalue weighted by Gasteiger charge is 2.31. The Balaban J connectivity index is 0.00000200. The van der Waals surface area contributed by atoms with Crippen LogP contribution >= 0.6 is 12.4 Å². The van der Waals surface area contributed by atoms with Crippen LogP contribution in [-0.2, 0) is 15.6 Å². The molecule has 5 unspecified atom stereocenters. The molecular formula is C14H27ClN2O2S. The van der Waals surface area contributed by atoms with E-state index in [2.05, 4.69) is 5.32 Å². The lowest BCUT2D eigenvalue weighted by atomic mass is 9.94. The molecule has 0 bridgehead atoms. The van der Waals surface area contributed by atoms with E-state index in [0.717, 1.165) is 50.7 Å². The van der Waals surface area contributed by atoms with Gasteiger partial charge in [0.15, 0.2) is 0 Å². The molecule has 2 fully saturated rings. The van der Waals surface area contributed by atoms with Crippen molar-refractivity contribution in [1.82, 2.24) is 5.32 Å². The Labute approximate surface area is 130 Å². The Hall–Kier alpha value is -0.130. The topological polar surface area (TPSA) is 72.2 Å². The Kier molecular flexibility index (Phi) is 7.48. The second kappa shape index (κ2) is 8.35. The van der Waals surface area contributed by atoms with Crippen molar-refractivity contribution in [3.8, 4) is 0 Å². The van der Waals surface area contributed by atoms with E-state index in [4.69, 9.17) is 5.73 Å². The van der Waals surface area contributed by atoms with Crippen LogP contribution in [-0.4, -0.2) is 33.2 Å². The normalized spacial score (nSPS) is 35.1. The second-order valence-corrected chi connectivity index (χ2v) is 7.94. The standard InChI is InChI=1S/C14H26N2O2S.ClH/c1-2-19(18)13-5-3-4-12(9-13)16-14(17)10-6-7-11(15)8-10;/h10-13H,2-9,15H2,1H3,(H,16,17);1H. The first-order valence-electron chi connectivity index (χ1n) is 7.53. The van der Waals surface area contributed by atoms with E-state index in [0.29, 0.717) is 0 Å². The predicted molar refractivity (Wildman–Crippen MR) is 85.4 cm³/mol. The van der Waals surface area contributed by atoms with Gasteiger partial charge in [-0.05, 0) is 38.5 Å². The van der Waals surface area contributed by atoms with E-state index in [1.54, 1.807) is 0 Å². The van der Waals surface area contributed by atoms with Crippen molar-refractivity contribution < 1.29 is 9.00 Å². The van der Waals surface area contributed by atoms with Gasteiger partial charge in [0.25, 0.3) is 0 Å². The molecule has 2 aliphatic carbocycles. The zero-order chi connectivity index (χ0) is 13.8. The third-order valence-corrected chi connectivity index (χ3v) is 6.21. The van der Waals surface area contributed by atoms with Crippen molar-refractivity contribution in [2.45, 2.75) is 69.2 Å². The van der Waals surface area contributed by atoms with Crippen molar-refractivity contribution in [1.29, 1.82) is 0 Å². The number of nitrogens with one attached hydrogen (secondary N) is 1. The number of halogens is 1. The maximum Gasteiger partial charge on any atom is 0.223 e. The van der Waals surface area contributed by atoms with Crippen LogP contribution in [0.25, 0.3) is 0 Å². The molecule has 5 atom stereocenters. The minimum Gasteiger partial charge on any atom is -0.353 e. The zero-order valence-corrected chi connectivity index (χ0v) is 13.8. The SMILES string of the molecule is CCS(=O)C1CCCC(NC(=O)C2CCC(N)C2)C1.Cl. The molecule has 0 radical (unpaired) electrons. The number of hydrogen-bond acceptors (Lipinski definition) is 3. The smallest absolute Gasteiger partial charge is 0.223 e. The third kappa shape index (κ3) is 4.71. The molecule has 6 heteroatoms. The fraction of sp³-hybridized carbons (Fsp3) is 0.929. The molecule has 118 valence electrons. The maximum atomic E-state index is 12.2. The summed E-state index contributed by atoms with van der Waals surface area (Å²) < 4.78 is 11.9. The molecular weight excluding hydrogens is 296 g/mol. The first kappa shape index (κ1) is 17.9. The van der Waals surface area contributed by atoms with E-state index in [-0.39, 0.29) is 41.6 Å². The second-order valence-electron chi connectivity index (χ2n) is 5.93. The van der Waals surface area contributed by atoms with Crippen molar-refractivity contribution in [3.05, 3.63) is 0 Å². The highest BCUT2D eigenvalue weighted by atomic mass is 35.5. The Morgan fingerprint density at radius 3 is 2.60 bits per heavy atom. The Morgan fingerprint density at radius 2 is 2.00 bits per heavy atom. The summed E-state index contributed by atoms with van der Waals surface area (Å²) in [5.74, 6) is 0.996. The van der Waals surface area contributed by atoms with Crippen LogP contribution in [0.1, 0.15) is 51.9 Å². The maximum absolute atomic E-state index is 12.2. The molecule has 4 nitrogen and oxygen atoms in total. The summed E-state index contributed by atoms with van der Waals surface area (Å²) in [6, 6.07) is 0.418. The first-order chi connectivity index (χ1) is 9.10. The van der Waals surface area contributed by atoms with Gasteiger partial charge in [0.1, 0.15) is 0 Å². The lowest BCUT2D eigenvalue weighted by Gasteiger charge is -2.29. The third-order valence-electron chi connectivity index (χ3n) is 4.47. The van der Waals surface area contributed by atoms with Gasteiger partial charge in [0.05, 0.1) is 0 Å². The predicted octanol–water partition coefficient (Wildman–Crippen LogP) is 1.73. The molecule has 0 aliphatic heterocycles. The average molecular weight is 323 g/mol. The van der Waals surface area contributed by atoms with Gasteiger partial charge in [-0.3, -0.25) is 9.00 Å². The van der Waals surface area contributed by atoms with Crippen LogP contribution in [0.5, 0.6) is 0 Å². The van der Waals surface area contributed by atoms with Gasteiger partial charge in [-0.2, -0.15) is 0 Å². The van der Waals surface area contributed by atoms with Gasteiger partial charge < -0.3 is 11.1 Å². The number of nitrogens with two attached hydrogens (primary N) is 1. The molecule has 2 saturated carbocycles. The van der Waals surface area contributed by atoms with Gasteiger partial charge in [-0.25, -0.2) is 0 Å². The summed E-state index contributed by atoms with van der Waals surface area (Å²) in [6.45, 7) is 1.97. The van der Waals surface area contributed by atoms with Gasteiger partial charge in [-0.15, -0.1) is 12.4 Å². The summed E-state index contributed by atoms with van der Waals surface area (Å²) in [4.78, 5) is 12.2. The van der Waals surface area contributed by atoms with Crippen LogP contribution < -0.4 is 11.1 Å². The van der Waals surface area contributed by atoms with Crippen LogP contribution in [0.3, 0.4) is 0 Å². The van der Waals surface area contributed by atoms with Crippen molar-refractivity contribution in [3.63, 3.8) is 0 Å². The van der Waals surface area contributed by atoms with Crippen molar-refractivity contribution in [2.75, 3.05) is 5.75 Å². The van der Waals surface area contributed by atoms with Gasteiger partial charge in [0.2, 0.25) is 5.91 Å². The molecule has 0 aromatic carbocycles. The van der Waals surface area contributed by atoms with E-state index in [1.807, 2.05) is 6.92 Å². The fourth-order valence-corrected chi connectivity index (χ4v) is 4.67. The summed E-state index contributed by atoms with van der Waals surface area (Å²) in [7, 11) is -0.728. The fourth-order valence-electron chi connectivity index (χ4n) is 3.32. The van der Waals surface area contributed by atoms with Crippen LogP contribution in [0.15, 0.2) is 0 Å². The molecule has 0 aromatic heterocycles. The molecule has 2 rings (SSSR count). The van der Waals surface area contributed by atoms with Crippen molar-refractivity contribution >= 4 is 29.1 Å². The molecule has 2 aliphatic rings. The lowest BCUT2D eigenvalue weighted by Crippen LogP contribution is -2.43. The monoisotopic (exact) mass is 322 g/mol. The largest absolute Gasteiger partial charge is 0.353 e. The van der Waals surface area contributed by atoms with E-state index in [1.165, 1.54) is 0 Å². The number of rotatable bonds is 4. The number of hydrogen-bond donors (Lipinski definition) is 2. The van der Waals surface area contributed by atoms with E-state index < -0.39 is 10.8 Å². The summed E-state index contributed by atoms with van der Waals surface area (Å²) in [5, 5.41) is 3.43. The zero-order valence-electron chi connectivity index (χ0n) is 12.2. The average Bonchev–Trinajstić information content (AvgIpc) is 2.85. The van der Waals surface area contributed by atoms with Gasteiger partial charge >= 0.3 is 0 Å². The lowest BCUT2D eigenvalue weighted by molar-refractivity contribution is -0.125. The summed E-state index contributed by atoms with van der Waals surface area (Å²) in [5.41, 5.74) is 5.86. The Morgan fingerprint density at radius 1 is 1.25 bits per heavy atom. The van der Waals surface area contributed by atoms with E-state index in [9.17, 15) is 9.00 Å². The van der Waals surface area contributed by atoms with Crippen molar-refractivity contribution in [2.24, 2.45) is 11.7 Å². The number of amides is 1. The minimum atomic E-state index is -0.728. The van der Waals surface area contributed by atoms with Crippen LogP contribution in [0.4, 0.5) is 0 Å². The molecule has 0 aromatic rings. The van der Waals surface area contributed by atoms with E-state index >= 15 is 0 Å². The molecule has 0 saturated heterocycles. The minimum absolute atomic E-state index is 0. The highest BCUT2D eigenvalue weighted by molar-refractivity contribution is 7.85. The number of carbonyl (C=O) groups is 1. The summed E-state index contributed by atoms with van der Waals surface area (Å²) >= 11 is 0. The van der Waals surface area contributed by atoms with Gasteiger partial charge in [-0.1, -0.05) is 13.3 Å². The Bertz CT molecular complexity index is 354. The highest BCUT2D eigenvalue weighted by Crippen LogP contribution is 2.26. The molecule has 20 heavy (non-hydrogen) atoms. The van der Waals surface area contributed by atoms with Gasteiger partial charge in [0, 0.05) is 39.8 Å². The van der Waals surface area contributed by atoms with Crippen LogP contribution in [0.2, 0.25) is 0 Å². The molecule has 0 spiro atoms. The molecule has 3 N–H and O–H groups in total. The molecule has 1 amide bonds. The number of carbonyl (C=O) groups excluding carboxylic acids is 1. The molecule has 0 heterocycles. The summed E-state index contributed by atoms with van der Waals surface area (Å²) in [6.07, 6.45) is 6.73. The first-order valence-corrected chi connectivity index (χ1v) is 8.91. The van der Waals surface area contributed by atoms with Crippen LogP contribution in [0, 0.1) is 5.92 Å². The quantitative estimate of drug-likeness (QED) is 0.828.